The van der Waals surface area contributed by atoms with Crippen molar-refractivity contribution in [2.24, 2.45) is 0 Å². The van der Waals surface area contributed by atoms with Crippen LogP contribution in [0.15, 0.2) is 54.6 Å². The van der Waals surface area contributed by atoms with Crippen LogP contribution < -0.4 is 0 Å². The molecule has 4 heteroatoms. The van der Waals surface area contributed by atoms with Gasteiger partial charge in [-0.15, -0.1) is 0 Å². The van der Waals surface area contributed by atoms with Gasteiger partial charge >= 0.3 is 0 Å². The summed E-state index contributed by atoms with van der Waals surface area (Å²) in [4.78, 5) is 2.64. The molecule has 1 aliphatic carbocycles. The van der Waals surface area contributed by atoms with E-state index in [1.54, 1.807) is 6.07 Å². The zero-order chi connectivity index (χ0) is 23.3. The van der Waals surface area contributed by atoms with Crippen LogP contribution in [-0.4, -0.2) is 36.4 Å². The summed E-state index contributed by atoms with van der Waals surface area (Å²) in [6.45, 7) is 8.19. The summed E-state index contributed by atoms with van der Waals surface area (Å²) in [6.07, 6.45) is 3.30. The van der Waals surface area contributed by atoms with Gasteiger partial charge in [0.15, 0.2) is 0 Å². The molecule has 1 saturated carbocycles. The van der Waals surface area contributed by atoms with Gasteiger partial charge in [0.25, 0.3) is 0 Å². The first-order valence-electron chi connectivity index (χ1n) is 12.0. The van der Waals surface area contributed by atoms with Crippen LogP contribution in [-0.2, 0) is 12.8 Å². The number of benzene rings is 2. The quantitative estimate of drug-likeness (QED) is 0.374. The Kier molecular flexibility index (Phi) is 11.4. The van der Waals surface area contributed by atoms with Crippen molar-refractivity contribution < 1.29 is 8.78 Å². The highest BCUT2D eigenvalue weighted by atomic mass is 19.2. The number of hydrogen-bond acceptors (Lipinski definition) is 2. The van der Waals surface area contributed by atoms with Crippen LogP contribution in [0, 0.1) is 11.3 Å². The van der Waals surface area contributed by atoms with Crippen LogP contribution in [0.5, 0.6) is 0 Å². The molecule has 0 heterocycles. The van der Waals surface area contributed by atoms with Gasteiger partial charge in [0.1, 0.15) is 12.3 Å². The van der Waals surface area contributed by atoms with Crippen LogP contribution in [0.2, 0.25) is 0 Å². The number of nitriles is 1. The lowest BCUT2D eigenvalue weighted by atomic mass is 9.76. The van der Waals surface area contributed by atoms with E-state index in [1.165, 1.54) is 24.5 Å². The Labute approximate surface area is 193 Å². The largest absolute Gasteiger partial charge is 0.300 e. The van der Waals surface area contributed by atoms with E-state index in [0.717, 1.165) is 44.3 Å². The maximum Gasteiger partial charge on any atom is 0.138 e. The first-order chi connectivity index (χ1) is 15.5. The molecule has 2 nitrogen and oxygen atoms in total. The molecule has 1 fully saturated rings. The number of halogens is 2. The van der Waals surface area contributed by atoms with E-state index in [-0.39, 0.29) is 5.92 Å². The molecule has 3 rings (SSSR count). The maximum absolute atomic E-state index is 13.6. The molecule has 0 bridgehead atoms. The Bertz CT molecular complexity index is 800. The third kappa shape index (κ3) is 7.71. The number of alkyl halides is 2. The highest BCUT2D eigenvalue weighted by Gasteiger charge is 2.42. The highest BCUT2D eigenvalue weighted by Crippen LogP contribution is 2.41. The Morgan fingerprint density at radius 1 is 0.969 bits per heavy atom. The molecular formula is C28H38F2N2. The van der Waals surface area contributed by atoms with Crippen molar-refractivity contribution in [2.75, 3.05) is 13.1 Å². The summed E-state index contributed by atoms with van der Waals surface area (Å²) in [5.41, 5.74) is 3.63. The van der Waals surface area contributed by atoms with Crippen LogP contribution in [0.25, 0.3) is 0 Å². The van der Waals surface area contributed by atoms with Gasteiger partial charge in [0, 0.05) is 25.4 Å². The van der Waals surface area contributed by atoms with Gasteiger partial charge in [-0.05, 0) is 61.8 Å². The minimum absolute atomic E-state index is 0.250. The van der Waals surface area contributed by atoms with Crippen LogP contribution in [0.4, 0.5) is 8.78 Å². The van der Waals surface area contributed by atoms with Crippen molar-refractivity contribution in [3.63, 3.8) is 0 Å². The lowest BCUT2D eigenvalue weighted by molar-refractivity contribution is 0.0428. The van der Waals surface area contributed by atoms with Crippen LogP contribution in [0.1, 0.15) is 69.1 Å². The summed E-state index contributed by atoms with van der Waals surface area (Å²) in [5, 5.41) is 7.32. The van der Waals surface area contributed by atoms with Crippen LogP contribution in [0.3, 0.4) is 0 Å². The predicted molar refractivity (Wildman–Crippen MR) is 129 cm³/mol. The lowest BCUT2D eigenvalue weighted by Gasteiger charge is -2.34. The average Bonchev–Trinajstić information content (AvgIpc) is 2.82. The number of nitrogens with zero attached hydrogens (tertiary/aromatic N) is 2. The van der Waals surface area contributed by atoms with Gasteiger partial charge in [-0.3, -0.25) is 0 Å². The third-order valence-corrected chi connectivity index (χ3v) is 6.41. The van der Waals surface area contributed by atoms with Gasteiger partial charge < -0.3 is 4.90 Å². The molecule has 2 aromatic rings. The monoisotopic (exact) mass is 440 g/mol. The lowest BCUT2D eigenvalue weighted by Crippen LogP contribution is -2.38. The van der Waals surface area contributed by atoms with E-state index in [4.69, 9.17) is 5.26 Å². The van der Waals surface area contributed by atoms with Gasteiger partial charge in [-0.25, -0.2) is 8.78 Å². The molecule has 0 aliphatic heterocycles. The predicted octanol–water partition coefficient (Wildman–Crippen LogP) is 7.05. The summed E-state index contributed by atoms with van der Waals surface area (Å²) in [6, 6.07) is 21.3. The summed E-state index contributed by atoms with van der Waals surface area (Å²) < 4.78 is 26.7. The van der Waals surface area contributed by atoms with E-state index in [0.29, 0.717) is 12.5 Å². The molecule has 0 aromatic heterocycles. The average molecular weight is 441 g/mol. The first kappa shape index (κ1) is 26.0. The number of rotatable bonds is 11. The highest BCUT2D eigenvalue weighted by molar-refractivity contribution is 5.29. The summed E-state index contributed by atoms with van der Waals surface area (Å²) in [5.74, 6) is -0.250. The Morgan fingerprint density at radius 3 is 2.12 bits per heavy atom. The molecule has 4 atom stereocenters. The van der Waals surface area contributed by atoms with Gasteiger partial charge in [0.05, 0.1) is 6.07 Å². The molecule has 1 aliphatic rings. The zero-order valence-corrected chi connectivity index (χ0v) is 19.8. The third-order valence-electron chi connectivity index (χ3n) is 6.41. The van der Waals surface area contributed by atoms with E-state index < -0.39 is 12.3 Å². The van der Waals surface area contributed by atoms with E-state index >= 15 is 0 Å². The second-order valence-electron chi connectivity index (χ2n) is 8.64. The fourth-order valence-corrected chi connectivity index (χ4v) is 4.47. The fourth-order valence-electron chi connectivity index (χ4n) is 4.47. The number of aryl methyl sites for hydroxylation is 1. The van der Waals surface area contributed by atoms with Crippen molar-refractivity contribution >= 4 is 0 Å². The standard InChI is InChI=1S/C26H35F2N.C2H3N/c1-3-17-29(18-16-20-8-6-5-7-9-20)23(4-2)15-12-21-10-13-22(14-11-21)24-19-25(27)26(24)28;1-2-3/h5-11,13-14,23-26H,3-4,12,15-19H2,1-2H3;1H3. The fraction of sp³-hybridized carbons (Fsp3) is 0.536. The topological polar surface area (TPSA) is 27.0 Å². The normalized spacial score (nSPS) is 20.6. The smallest absolute Gasteiger partial charge is 0.138 e. The Morgan fingerprint density at radius 2 is 1.59 bits per heavy atom. The van der Waals surface area contributed by atoms with E-state index in [9.17, 15) is 8.78 Å². The first-order valence-corrected chi connectivity index (χ1v) is 12.0. The molecule has 0 radical (unpaired) electrons. The van der Waals surface area contributed by atoms with Gasteiger partial charge in [0.2, 0.25) is 0 Å². The minimum Gasteiger partial charge on any atom is -0.300 e. The van der Waals surface area contributed by atoms with Crippen molar-refractivity contribution in [1.29, 1.82) is 5.26 Å². The molecular weight excluding hydrogens is 402 g/mol. The van der Waals surface area contributed by atoms with Crippen LogP contribution >= 0.6 is 0 Å². The summed E-state index contributed by atoms with van der Waals surface area (Å²) >= 11 is 0. The molecule has 2 aromatic carbocycles. The maximum atomic E-state index is 13.6. The molecule has 32 heavy (non-hydrogen) atoms. The molecule has 4 unspecified atom stereocenters. The minimum atomic E-state index is -1.32. The molecule has 0 amide bonds. The van der Waals surface area contributed by atoms with Crippen molar-refractivity contribution in [2.45, 2.75) is 83.6 Å². The second-order valence-corrected chi connectivity index (χ2v) is 8.64. The van der Waals surface area contributed by atoms with E-state index in [1.807, 2.05) is 12.1 Å². The van der Waals surface area contributed by atoms with Crippen molar-refractivity contribution in [3.05, 3.63) is 71.3 Å². The van der Waals surface area contributed by atoms with E-state index in [2.05, 4.69) is 61.2 Å². The zero-order valence-electron chi connectivity index (χ0n) is 19.8. The molecule has 0 spiro atoms. The number of hydrogen-bond donors (Lipinski definition) is 0. The second kappa shape index (κ2) is 14.0. The Balaban J connectivity index is 0.00000114. The van der Waals surface area contributed by atoms with Gasteiger partial charge in [-0.2, -0.15) is 5.26 Å². The molecule has 0 N–H and O–H groups in total. The molecule has 174 valence electrons. The molecule has 0 saturated heterocycles. The SMILES string of the molecule is CC#N.CCCN(CCc1ccccc1)C(CC)CCc1ccc(C2CC(F)C2F)cc1. The van der Waals surface area contributed by atoms with Crippen molar-refractivity contribution in [3.8, 4) is 6.07 Å². The van der Waals surface area contributed by atoms with Crippen molar-refractivity contribution in [1.82, 2.24) is 4.90 Å². The summed E-state index contributed by atoms with van der Waals surface area (Å²) in [7, 11) is 0. The Hall–Kier alpha value is -2.25. The van der Waals surface area contributed by atoms with Gasteiger partial charge in [-0.1, -0.05) is 68.4 Å².